The molecule has 1 unspecified atom stereocenters. The molecule has 1 atom stereocenters. The molecule has 0 aliphatic carbocycles. The Labute approximate surface area is 186 Å². The lowest BCUT2D eigenvalue weighted by Crippen LogP contribution is -2.43. The van der Waals surface area contributed by atoms with Crippen LogP contribution in [0.25, 0.3) is 11.0 Å². The number of nitrogen functional groups attached to an aromatic ring is 1. The summed E-state index contributed by atoms with van der Waals surface area (Å²) in [6, 6.07) is 7.23. The number of nitrogens with two attached hydrogens (primary N) is 1. The van der Waals surface area contributed by atoms with Crippen LogP contribution in [-0.2, 0) is 10.2 Å². The van der Waals surface area contributed by atoms with Gasteiger partial charge in [-0.1, -0.05) is 13.0 Å². The highest BCUT2D eigenvalue weighted by atomic mass is 19.1. The second kappa shape index (κ2) is 9.62. The zero-order chi connectivity index (χ0) is 23.5. The van der Waals surface area contributed by atoms with E-state index in [1.54, 1.807) is 4.90 Å². The molecule has 3 heterocycles. The number of halogens is 1. The van der Waals surface area contributed by atoms with Crippen molar-refractivity contribution in [1.82, 2.24) is 19.9 Å². The van der Waals surface area contributed by atoms with E-state index in [9.17, 15) is 14.3 Å². The summed E-state index contributed by atoms with van der Waals surface area (Å²) < 4.78 is 14.3. The molecule has 1 fully saturated rings. The largest absolute Gasteiger partial charge is 0.393 e. The number of aromatic nitrogens is 3. The zero-order valence-electron chi connectivity index (χ0n) is 18.6. The van der Waals surface area contributed by atoms with Gasteiger partial charge in [0.05, 0.1) is 23.3 Å². The number of amides is 1. The normalized spacial score (nSPS) is 16.4. The van der Waals surface area contributed by atoms with Gasteiger partial charge < -0.3 is 25.8 Å². The number of fused-ring (bicyclic) bond motifs is 1. The Morgan fingerprint density at radius 2 is 2.03 bits per heavy atom. The van der Waals surface area contributed by atoms with E-state index in [-0.39, 0.29) is 11.5 Å². The average Bonchev–Trinajstić information content (AvgIpc) is 3.12. The van der Waals surface area contributed by atoms with Crippen molar-refractivity contribution in [2.24, 2.45) is 0 Å². The SMILES string of the molecule is CC(=O)N1CCC(C)(c2ncc(C(O)CO)cc2F)CC1.Cc1ccc2nc(N)[nH]c2c1. The predicted molar refractivity (Wildman–Crippen MR) is 120 cm³/mol. The fraction of sp³-hybridized carbons (Fsp3) is 0.435. The number of piperidine rings is 1. The number of hydrogen-bond acceptors (Lipinski definition) is 6. The van der Waals surface area contributed by atoms with Crippen LogP contribution in [0.4, 0.5) is 10.3 Å². The molecule has 0 saturated carbocycles. The highest BCUT2D eigenvalue weighted by molar-refractivity contribution is 5.77. The average molecular weight is 444 g/mol. The maximum absolute atomic E-state index is 14.3. The standard InChI is InChI=1S/C15H21FN2O3.C8H9N3/c1-10(20)18-5-3-15(2,4-6-18)14-12(16)7-11(8-17-14)13(21)9-19;1-5-2-3-6-7(4-5)11-8(9)10-6/h7-8,13,19,21H,3-6,9H2,1-2H3;2-4H,1H3,(H3,9,10,11). The smallest absolute Gasteiger partial charge is 0.219 e. The molecule has 1 aromatic carbocycles. The molecule has 9 heteroatoms. The molecule has 3 aromatic rings. The molecule has 1 amide bonds. The lowest BCUT2D eigenvalue weighted by Gasteiger charge is -2.38. The lowest BCUT2D eigenvalue weighted by atomic mass is 9.77. The van der Waals surface area contributed by atoms with Crippen molar-refractivity contribution >= 4 is 22.9 Å². The minimum absolute atomic E-state index is 0.0342. The summed E-state index contributed by atoms with van der Waals surface area (Å²) in [6.45, 7) is 6.23. The first-order valence-electron chi connectivity index (χ1n) is 10.5. The molecule has 0 radical (unpaired) electrons. The van der Waals surface area contributed by atoms with Crippen LogP contribution in [0.2, 0.25) is 0 Å². The number of rotatable bonds is 3. The highest BCUT2D eigenvalue weighted by Crippen LogP contribution is 2.35. The van der Waals surface area contributed by atoms with E-state index in [0.29, 0.717) is 37.6 Å². The van der Waals surface area contributed by atoms with Crippen molar-refractivity contribution in [3.8, 4) is 0 Å². The summed E-state index contributed by atoms with van der Waals surface area (Å²) in [5, 5.41) is 18.4. The van der Waals surface area contributed by atoms with Gasteiger partial charge in [-0.2, -0.15) is 0 Å². The summed E-state index contributed by atoms with van der Waals surface area (Å²) in [6.07, 6.45) is 1.59. The molecular formula is C23H30FN5O3. The maximum Gasteiger partial charge on any atom is 0.219 e. The number of H-pyrrole nitrogens is 1. The molecule has 0 bridgehead atoms. The molecule has 8 nitrogen and oxygen atoms in total. The number of aliphatic hydroxyl groups excluding tert-OH is 2. The number of aliphatic hydroxyl groups is 2. The Morgan fingerprint density at radius 1 is 1.34 bits per heavy atom. The monoisotopic (exact) mass is 443 g/mol. The topological polar surface area (TPSA) is 128 Å². The Bertz CT molecular complexity index is 1090. The van der Waals surface area contributed by atoms with Gasteiger partial charge in [-0.3, -0.25) is 9.78 Å². The third-order valence-electron chi connectivity index (χ3n) is 5.96. The fourth-order valence-corrected chi connectivity index (χ4v) is 3.88. The van der Waals surface area contributed by atoms with E-state index in [0.717, 1.165) is 11.0 Å². The molecule has 1 aliphatic heterocycles. The fourth-order valence-electron chi connectivity index (χ4n) is 3.88. The van der Waals surface area contributed by atoms with Gasteiger partial charge in [0.15, 0.2) is 5.95 Å². The Balaban J connectivity index is 0.000000219. The number of nitrogens with zero attached hydrogens (tertiary/aromatic N) is 3. The first-order valence-corrected chi connectivity index (χ1v) is 10.5. The van der Waals surface area contributed by atoms with Crippen LogP contribution in [0.1, 0.15) is 49.6 Å². The van der Waals surface area contributed by atoms with Crippen LogP contribution in [0.5, 0.6) is 0 Å². The molecule has 1 saturated heterocycles. The van der Waals surface area contributed by atoms with Crippen molar-refractivity contribution in [3.05, 3.63) is 53.1 Å². The minimum Gasteiger partial charge on any atom is -0.393 e. The van der Waals surface area contributed by atoms with Gasteiger partial charge in [-0.15, -0.1) is 0 Å². The van der Waals surface area contributed by atoms with Crippen molar-refractivity contribution in [1.29, 1.82) is 0 Å². The number of nitrogens with one attached hydrogen (secondary N) is 1. The van der Waals surface area contributed by atoms with E-state index in [2.05, 4.69) is 15.0 Å². The molecule has 1 aliphatic rings. The summed E-state index contributed by atoms with van der Waals surface area (Å²) in [7, 11) is 0. The Hall–Kier alpha value is -3.04. The van der Waals surface area contributed by atoms with Crippen LogP contribution >= 0.6 is 0 Å². The van der Waals surface area contributed by atoms with Crippen molar-refractivity contribution in [2.75, 3.05) is 25.4 Å². The summed E-state index contributed by atoms with van der Waals surface area (Å²) in [5.41, 5.74) is 8.82. The number of aryl methyl sites for hydroxylation is 1. The molecule has 4 rings (SSSR count). The van der Waals surface area contributed by atoms with Crippen molar-refractivity contribution < 1.29 is 19.4 Å². The Kier molecular flexibility index (Phi) is 7.10. The van der Waals surface area contributed by atoms with E-state index < -0.39 is 23.9 Å². The molecule has 5 N–H and O–H groups in total. The predicted octanol–water partition coefficient (Wildman–Crippen LogP) is 2.60. The van der Waals surface area contributed by atoms with Gasteiger partial charge >= 0.3 is 0 Å². The van der Waals surface area contributed by atoms with Gasteiger partial charge in [0.25, 0.3) is 0 Å². The number of carbonyl (C=O) groups excluding carboxylic acids is 1. The number of carbonyl (C=O) groups is 1. The van der Waals surface area contributed by atoms with Crippen molar-refractivity contribution in [3.63, 3.8) is 0 Å². The number of pyridine rings is 1. The van der Waals surface area contributed by atoms with Crippen LogP contribution in [0.3, 0.4) is 0 Å². The van der Waals surface area contributed by atoms with E-state index in [4.69, 9.17) is 10.8 Å². The van der Waals surface area contributed by atoms with Gasteiger partial charge in [0, 0.05) is 37.2 Å². The van der Waals surface area contributed by atoms with E-state index in [1.807, 2.05) is 32.0 Å². The molecular weight excluding hydrogens is 413 g/mol. The Morgan fingerprint density at radius 3 is 2.62 bits per heavy atom. The number of anilines is 1. The van der Waals surface area contributed by atoms with Crippen molar-refractivity contribution in [2.45, 2.75) is 45.1 Å². The molecule has 32 heavy (non-hydrogen) atoms. The van der Waals surface area contributed by atoms with Gasteiger partial charge in [-0.05, 0) is 43.5 Å². The van der Waals surface area contributed by atoms with Crippen LogP contribution < -0.4 is 5.73 Å². The van der Waals surface area contributed by atoms with Gasteiger partial charge in [0.2, 0.25) is 5.91 Å². The third kappa shape index (κ3) is 5.23. The number of hydrogen-bond donors (Lipinski definition) is 4. The number of benzene rings is 1. The quantitative estimate of drug-likeness (QED) is 0.493. The maximum atomic E-state index is 14.3. The first-order chi connectivity index (χ1) is 15.1. The van der Waals surface area contributed by atoms with Crippen LogP contribution in [0.15, 0.2) is 30.5 Å². The molecule has 0 spiro atoms. The summed E-state index contributed by atoms with van der Waals surface area (Å²) in [5.74, 6) is 0.0382. The second-order valence-electron chi connectivity index (χ2n) is 8.51. The zero-order valence-corrected chi connectivity index (χ0v) is 18.6. The highest BCUT2D eigenvalue weighted by Gasteiger charge is 2.36. The second-order valence-corrected chi connectivity index (χ2v) is 8.51. The minimum atomic E-state index is -1.12. The van der Waals surface area contributed by atoms with Gasteiger partial charge in [-0.25, -0.2) is 9.37 Å². The lowest BCUT2D eigenvalue weighted by molar-refractivity contribution is -0.130. The van der Waals surface area contributed by atoms with E-state index >= 15 is 0 Å². The molecule has 2 aromatic heterocycles. The number of aromatic amines is 1. The summed E-state index contributed by atoms with van der Waals surface area (Å²) in [4.78, 5) is 24.3. The van der Waals surface area contributed by atoms with Crippen LogP contribution in [0, 0.1) is 12.7 Å². The molecule has 172 valence electrons. The van der Waals surface area contributed by atoms with Gasteiger partial charge in [0.1, 0.15) is 11.9 Å². The van der Waals surface area contributed by atoms with Crippen LogP contribution in [-0.4, -0.2) is 55.7 Å². The number of imidazole rings is 1. The summed E-state index contributed by atoms with van der Waals surface area (Å²) >= 11 is 0. The van der Waals surface area contributed by atoms with E-state index in [1.165, 1.54) is 24.8 Å². The first kappa shape index (κ1) is 23.6. The third-order valence-corrected chi connectivity index (χ3v) is 5.96. The number of likely N-dealkylation sites (tertiary alicyclic amines) is 1.